The quantitative estimate of drug-likeness (QED) is 0.782. The molecule has 0 spiro atoms. The third-order valence-electron chi connectivity index (χ3n) is 6.90. The lowest BCUT2D eigenvalue weighted by molar-refractivity contribution is -0.128. The van der Waals surface area contributed by atoms with Crippen LogP contribution in [0, 0.1) is 5.92 Å². The highest BCUT2D eigenvalue weighted by atomic mass is 19.1. The number of fused-ring (bicyclic) bond motifs is 1. The van der Waals surface area contributed by atoms with Crippen LogP contribution in [0.1, 0.15) is 79.9 Å². The summed E-state index contributed by atoms with van der Waals surface area (Å²) < 4.78 is 18.8. The van der Waals surface area contributed by atoms with E-state index in [1.807, 2.05) is 17.0 Å². The zero-order chi connectivity index (χ0) is 21.5. The molecule has 1 aliphatic heterocycles. The first-order valence-corrected chi connectivity index (χ1v) is 11.2. The van der Waals surface area contributed by atoms with Crippen molar-refractivity contribution in [3.8, 4) is 11.5 Å². The van der Waals surface area contributed by atoms with E-state index in [0.717, 1.165) is 50.5 Å². The highest BCUT2D eigenvalue weighted by molar-refractivity contribution is 5.99. The number of halogens is 1. The Balaban J connectivity index is 1.35. The molecule has 164 valence electrons. The molecule has 5 rings (SSSR count). The monoisotopic (exact) mass is 426 g/mol. The molecule has 2 aliphatic carbocycles. The predicted molar refractivity (Wildman–Crippen MR) is 111 cm³/mol. The van der Waals surface area contributed by atoms with Crippen molar-refractivity contribution in [3.05, 3.63) is 35.2 Å². The lowest BCUT2D eigenvalue weighted by Crippen LogP contribution is -2.54. The van der Waals surface area contributed by atoms with Gasteiger partial charge in [-0.15, -0.1) is 10.2 Å². The van der Waals surface area contributed by atoms with E-state index in [1.54, 1.807) is 6.07 Å². The Morgan fingerprint density at radius 1 is 1.19 bits per heavy atom. The Hall–Kier alpha value is -2.77. The summed E-state index contributed by atoms with van der Waals surface area (Å²) in [5.41, 5.74) is 2.16. The molecule has 2 aromatic rings. The maximum atomic E-state index is 13.4. The number of carbonyl (C=O) groups is 2. The number of aromatic nitrogens is 2. The van der Waals surface area contributed by atoms with Crippen LogP contribution in [0.25, 0.3) is 11.5 Å². The molecule has 3 atom stereocenters. The Kier molecular flexibility index (Phi) is 5.24. The van der Waals surface area contributed by atoms with E-state index in [2.05, 4.69) is 15.5 Å². The van der Waals surface area contributed by atoms with Crippen LogP contribution in [-0.2, 0) is 11.3 Å². The summed E-state index contributed by atoms with van der Waals surface area (Å²) in [5, 5.41) is 10.9. The Labute approximate surface area is 180 Å². The highest BCUT2D eigenvalue weighted by Gasteiger charge is 2.39. The molecule has 0 saturated heterocycles. The molecular formula is C23H27FN4O3. The minimum Gasteiger partial charge on any atom is -0.418 e. The average Bonchev–Trinajstić information content (AvgIpc) is 3.32. The van der Waals surface area contributed by atoms with Crippen molar-refractivity contribution < 1.29 is 18.4 Å². The molecule has 7 nitrogen and oxygen atoms in total. The number of rotatable bonds is 5. The van der Waals surface area contributed by atoms with Crippen LogP contribution in [0.15, 0.2) is 22.6 Å². The first-order valence-electron chi connectivity index (χ1n) is 11.2. The number of carbonyl (C=O) groups excluding carboxylic acids is 2. The molecule has 1 aromatic heterocycles. The van der Waals surface area contributed by atoms with Gasteiger partial charge in [0.25, 0.3) is 11.8 Å². The first-order chi connectivity index (χ1) is 15.0. The van der Waals surface area contributed by atoms with E-state index in [-0.39, 0.29) is 41.6 Å². The van der Waals surface area contributed by atoms with Gasteiger partial charge in [0.2, 0.25) is 11.8 Å². The predicted octanol–water partition coefficient (Wildman–Crippen LogP) is 3.95. The summed E-state index contributed by atoms with van der Waals surface area (Å²) in [6.45, 7) is 1.87. The molecule has 2 saturated carbocycles. The van der Waals surface area contributed by atoms with E-state index >= 15 is 0 Å². The number of nitrogens with zero attached hydrogens (tertiary/aromatic N) is 3. The van der Waals surface area contributed by atoms with Crippen LogP contribution >= 0.6 is 0 Å². The topological polar surface area (TPSA) is 88.3 Å². The number of amides is 2. The van der Waals surface area contributed by atoms with Crippen molar-refractivity contribution in [3.63, 3.8) is 0 Å². The zero-order valence-electron chi connectivity index (χ0n) is 17.6. The van der Waals surface area contributed by atoms with E-state index in [9.17, 15) is 14.0 Å². The minimum absolute atomic E-state index is 0.00326. The molecule has 8 heteroatoms. The van der Waals surface area contributed by atoms with Crippen LogP contribution in [0.5, 0.6) is 0 Å². The molecule has 2 heterocycles. The van der Waals surface area contributed by atoms with E-state index in [4.69, 9.17) is 4.42 Å². The van der Waals surface area contributed by atoms with Gasteiger partial charge in [0.1, 0.15) is 0 Å². The van der Waals surface area contributed by atoms with Crippen LogP contribution in [0.4, 0.5) is 4.39 Å². The third kappa shape index (κ3) is 3.72. The lowest BCUT2D eigenvalue weighted by Gasteiger charge is -2.39. The van der Waals surface area contributed by atoms with Crippen LogP contribution in [0.3, 0.4) is 0 Å². The molecule has 1 unspecified atom stereocenters. The second kappa shape index (κ2) is 8.05. The summed E-state index contributed by atoms with van der Waals surface area (Å²) in [5.74, 6) is 0.379. The average molecular weight is 426 g/mol. The lowest BCUT2D eigenvalue weighted by atomic mass is 9.83. The molecule has 1 aromatic carbocycles. The fourth-order valence-electron chi connectivity index (χ4n) is 4.86. The van der Waals surface area contributed by atoms with Gasteiger partial charge in [0.15, 0.2) is 6.17 Å². The van der Waals surface area contributed by atoms with Crippen molar-refractivity contribution in [2.24, 2.45) is 5.92 Å². The molecular weight excluding hydrogens is 399 g/mol. The van der Waals surface area contributed by atoms with Gasteiger partial charge in [-0.2, -0.15) is 0 Å². The second-order valence-electron chi connectivity index (χ2n) is 8.96. The fourth-order valence-corrected chi connectivity index (χ4v) is 4.86. The zero-order valence-corrected chi connectivity index (χ0v) is 17.6. The molecule has 1 N–H and O–H groups in total. The summed E-state index contributed by atoms with van der Waals surface area (Å²) >= 11 is 0. The second-order valence-corrected chi connectivity index (χ2v) is 8.96. The summed E-state index contributed by atoms with van der Waals surface area (Å²) in [4.78, 5) is 27.8. The van der Waals surface area contributed by atoms with Gasteiger partial charge in [0, 0.05) is 29.6 Å². The standard InChI is InChI=1S/C23H27FN4O3/c1-13(24)21-26-27-22(31-21)15-9-10-16-12-28(23(30)17(16)11-15)19-8-3-2-7-18(19)25-20(29)14-5-4-6-14/h9-11,13-14,18-19H,2-8,12H2,1H3,(H,25,29)/t13?,18-,19-/m1/s1. The van der Waals surface area contributed by atoms with Crippen LogP contribution in [0.2, 0.25) is 0 Å². The minimum atomic E-state index is -1.34. The number of hydrogen-bond donors (Lipinski definition) is 1. The van der Waals surface area contributed by atoms with Gasteiger partial charge >= 0.3 is 0 Å². The largest absolute Gasteiger partial charge is 0.418 e. The Bertz CT molecular complexity index is 1000. The SMILES string of the molecule is CC(F)c1nnc(-c2ccc3c(c2)C(=O)N([C@@H]2CCCC[C@H]2NC(=O)C2CCC2)C3)o1. The molecule has 3 aliphatic rings. The maximum absolute atomic E-state index is 13.4. The fraction of sp³-hybridized carbons (Fsp3) is 0.565. The summed E-state index contributed by atoms with van der Waals surface area (Å²) in [6, 6.07) is 5.48. The summed E-state index contributed by atoms with van der Waals surface area (Å²) in [6.07, 6.45) is 5.64. The number of alkyl halides is 1. The Morgan fingerprint density at radius 2 is 2.00 bits per heavy atom. The van der Waals surface area contributed by atoms with Gasteiger partial charge in [-0.3, -0.25) is 9.59 Å². The van der Waals surface area contributed by atoms with E-state index in [1.165, 1.54) is 6.92 Å². The van der Waals surface area contributed by atoms with Gasteiger partial charge < -0.3 is 14.6 Å². The van der Waals surface area contributed by atoms with Gasteiger partial charge in [-0.25, -0.2) is 4.39 Å². The molecule has 0 radical (unpaired) electrons. The van der Waals surface area contributed by atoms with Gasteiger partial charge in [0.05, 0.1) is 6.04 Å². The van der Waals surface area contributed by atoms with Crippen molar-refractivity contribution in [2.45, 2.75) is 76.7 Å². The van der Waals surface area contributed by atoms with Crippen molar-refractivity contribution in [1.82, 2.24) is 20.4 Å². The van der Waals surface area contributed by atoms with Crippen LogP contribution < -0.4 is 5.32 Å². The number of nitrogens with one attached hydrogen (secondary N) is 1. The third-order valence-corrected chi connectivity index (χ3v) is 6.90. The van der Waals surface area contributed by atoms with Gasteiger partial charge in [-0.05, 0) is 50.3 Å². The summed E-state index contributed by atoms with van der Waals surface area (Å²) in [7, 11) is 0. The van der Waals surface area contributed by atoms with Crippen molar-refractivity contribution >= 4 is 11.8 Å². The van der Waals surface area contributed by atoms with Crippen molar-refractivity contribution in [2.75, 3.05) is 0 Å². The number of hydrogen-bond acceptors (Lipinski definition) is 5. The highest BCUT2D eigenvalue weighted by Crippen LogP contribution is 2.34. The normalized spacial score (nSPS) is 24.6. The van der Waals surface area contributed by atoms with Crippen molar-refractivity contribution in [1.29, 1.82) is 0 Å². The van der Waals surface area contributed by atoms with E-state index < -0.39 is 6.17 Å². The molecule has 31 heavy (non-hydrogen) atoms. The molecule has 2 fully saturated rings. The first kappa shape index (κ1) is 20.2. The number of benzene rings is 1. The molecule has 0 bridgehead atoms. The smallest absolute Gasteiger partial charge is 0.254 e. The molecule has 2 amide bonds. The Morgan fingerprint density at radius 3 is 2.71 bits per heavy atom. The van der Waals surface area contributed by atoms with E-state index in [0.29, 0.717) is 17.7 Å². The van der Waals surface area contributed by atoms with Gasteiger partial charge in [-0.1, -0.05) is 25.3 Å². The van der Waals surface area contributed by atoms with Crippen LogP contribution in [-0.4, -0.2) is 39.0 Å². The maximum Gasteiger partial charge on any atom is 0.254 e.